The van der Waals surface area contributed by atoms with E-state index in [0.717, 1.165) is 23.1 Å². The molecule has 1 aliphatic carbocycles. The van der Waals surface area contributed by atoms with Crippen LogP contribution < -0.4 is 10.6 Å². The highest BCUT2D eigenvalue weighted by molar-refractivity contribution is 5.91. The Bertz CT molecular complexity index is 1070. The Balaban J connectivity index is 1.56. The lowest BCUT2D eigenvalue weighted by molar-refractivity contribution is -0.143. The average Bonchev–Trinajstić information content (AvgIpc) is 2.85. The second kappa shape index (κ2) is 13.8. The van der Waals surface area contributed by atoms with Gasteiger partial charge in [0, 0.05) is 18.0 Å². The minimum atomic E-state index is -0.540. The molecule has 8 nitrogen and oxygen atoms in total. The highest BCUT2D eigenvalue weighted by atomic mass is 16.6. The van der Waals surface area contributed by atoms with Crippen molar-refractivity contribution < 1.29 is 28.6 Å². The fourth-order valence-electron chi connectivity index (χ4n) is 4.47. The van der Waals surface area contributed by atoms with Gasteiger partial charge in [0.1, 0.15) is 11.7 Å². The topological polar surface area (TPSA) is 103 Å². The van der Waals surface area contributed by atoms with Crippen molar-refractivity contribution >= 4 is 23.8 Å². The quantitative estimate of drug-likeness (QED) is 0.282. The number of anilines is 1. The first-order valence-corrected chi connectivity index (χ1v) is 13.4. The largest absolute Gasteiger partial charge is 0.466 e. The number of esters is 1. The lowest BCUT2D eigenvalue weighted by Crippen LogP contribution is -2.42. The molecule has 0 aromatic heterocycles. The number of hydrogen-bond donors (Lipinski definition) is 2. The van der Waals surface area contributed by atoms with Crippen molar-refractivity contribution in [3.63, 3.8) is 0 Å². The molecule has 0 atom stereocenters. The van der Waals surface area contributed by atoms with Gasteiger partial charge in [-0.05, 0) is 89.5 Å². The van der Waals surface area contributed by atoms with Gasteiger partial charge in [-0.3, -0.25) is 10.1 Å². The maximum Gasteiger partial charge on any atom is 0.411 e. The van der Waals surface area contributed by atoms with Crippen molar-refractivity contribution in [2.75, 3.05) is 11.9 Å². The Morgan fingerprint density at radius 1 is 0.947 bits per heavy atom. The molecular weight excluding hydrogens is 484 g/mol. The van der Waals surface area contributed by atoms with E-state index in [0.29, 0.717) is 50.8 Å². The van der Waals surface area contributed by atoms with E-state index in [1.165, 1.54) is 0 Å². The predicted octanol–water partition coefficient (Wildman–Crippen LogP) is 6.62. The number of amides is 2. The number of benzene rings is 2. The summed E-state index contributed by atoms with van der Waals surface area (Å²) in [6.45, 7) is 7.68. The smallest absolute Gasteiger partial charge is 0.411 e. The molecule has 8 heteroatoms. The van der Waals surface area contributed by atoms with E-state index in [2.05, 4.69) is 10.6 Å². The van der Waals surface area contributed by atoms with E-state index < -0.39 is 17.8 Å². The number of rotatable bonds is 9. The summed E-state index contributed by atoms with van der Waals surface area (Å²) in [5.41, 5.74) is 3.06. The first kappa shape index (κ1) is 29.0. The van der Waals surface area contributed by atoms with Crippen LogP contribution in [0.15, 0.2) is 48.5 Å². The van der Waals surface area contributed by atoms with E-state index >= 15 is 0 Å². The molecule has 2 amide bonds. The molecule has 3 rings (SSSR count). The van der Waals surface area contributed by atoms with Crippen molar-refractivity contribution in [1.29, 1.82) is 0 Å². The van der Waals surface area contributed by atoms with E-state index in [9.17, 15) is 14.4 Å². The molecule has 38 heavy (non-hydrogen) atoms. The Hall–Kier alpha value is -3.55. The fourth-order valence-corrected chi connectivity index (χ4v) is 4.47. The number of hydrogen-bond acceptors (Lipinski definition) is 6. The van der Waals surface area contributed by atoms with Crippen LogP contribution in [0, 0.1) is 0 Å². The van der Waals surface area contributed by atoms with Gasteiger partial charge < -0.3 is 19.5 Å². The molecule has 0 heterocycles. The molecule has 206 valence electrons. The number of carbonyl (C=O) groups excluding carboxylic acids is 3. The Morgan fingerprint density at radius 3 is 2.32 bits per heavy atom. The molecule has 1 saturated carbocycles. The molecule has 0 bridgehead atoms. The molecule has 2 N–H and O–H groups in total. The zero-order valence-corrected chi connectivity index (χ0v) is 22.9. The van der Waals surface area contributed by atoms with Gasteiger partial charge in [0.05, 0.1) is 12.3 Å². The van der Waals surface area contributed by atoms with E-state index in [1.54, 1.807) is 6.92 Å². The number of ether oxygens (including phenoxy) is 3. The van der Waals surface area contributed by atoms with Crippen molar-refractivity contribution in [1.82, 2.24) is 5.32 Å². The predicted molar refractivity (Wildman–Crippen MR) is 147 cm³/mol. The summed E-state index contributed by atoms with van der Waals surface area (Å²) in [4.78, 5) is 36.5. The van der Waals surface area contributed by atoms with Crippen LogP contribution >= 0.6 is 0 Å². The number of alkyl carbamates (subject to hydrolysis) is 1. The van der Waals surface area contributed by atoms with Crippen LogP contribution in [-0.4, -0.2) is 42.5 Å². The van der Waals surface area contributed by atoms with Crippen LogP contribution in [0.5, 0.6) is 0 Å². The SMILES string of the molecule is CCOC(=O)CCCc1ccc(NC(=O)OC2CCC(NC(=O)OC(C)(C)C)CC2)c(-c2ccccc2)c1. The van der Waals surface area contributed by atoms with Gasteiger partial charge in [-0.15, -0.1) is 0 Å². The van der Waals surface area contributed by atoms with Gasteiger partial charge in [0.2, 0.25) is 0 Å². The standard InChI is InChI=1S/C30H40N2O6/c1-5-36-27(33)13-9-10-21-14-19-26(25(20-21)22-11-7-6-8-12-22)32-28(34)37-24-17-15-23(16-18-24)31-29(35)38-30(2,3)4/h6-8,11-12,14,19-20,23-24H,5,9-10,13,15-18H2,1-4H3,(H,31,35)(H,32,34). The summed E-state index contributed by atoms with van der Waals surface area (Å²) in [5, 5.41) is 5.82. The third-order valence-corrected chi connectivity index (χ3v) is 6.23. The molecule has 0 spiro atoms. The molecule has 0 saturated heterocycles. The summed E-state index contributed by atoms with van der Waals surface area (Å²) in [7, 11) is 0. The third kappa shape index (κ3) is 9.72. The van der Waals surface area contributed by atoms with E-state index in [1.807, 2.05) is 69.3 Å². The van der Waals surface area contributed by atoms with Crippen LogP contribution in [0.25, 0.3) is 11.1 Å². The summed E-state index contributed by atoms with van der Waals surface area (Å²) in [6.07, 6.45) is 3.41. The zero-order valence-electron chi connectivity index (χ0n) is 22.9. The highest BCUT2D eigenvalue weighted by Crippen LogP contribution is 2.30. The maximum absolute atomic E-state index is 12.8. The highest BCUT2D eigenvalue weighted by Gasteiger charge is 2.27. The summed E-state index contributed by atoms with van der Waals surface area (Å²) in [5.74, 6) is -0.188. The van der Waals surface area contributed by atoms with Gasteiger partial charge in [0.25, 0.3) is 0 Å². The van der Waals surface area contributed by atoms with E-state index in [4.69, 9.17) is 14.2 Å². The molecule has 2 aromatic rings. The molecule has 0 unspecified atom stereocenters. The minimum absolute atomic E-state index is 0.00816. The first-order valence-electron chi connectivity index (χ1n) is 13.4. The number of carbonyl (C=O) groups is 3. The normalized spacial score (nSPS) is 17.3. The molecule has 1 aliphatic rings. The lowest BCUT2D eigenvalue weighted by Gasteiger charge is -2.30. The first-order chi connectivity index (χ1) is 18.1. The Morgan fingerprint density at radius 2 is 1.66 bits per heavy atom. The Kier molecular flexibility index (Phi) is 10.6. The molecule has 2 aromatic carbocycles. The van der Waals surface area contributed by atoms with Gasteiger partial charge in [-0.25, -0.2) is 9.59 Å². The van der Waals surface area contributed by atoms with Crippen LogP contribution in [0.3, 0.4) is 0 Å². The van der Waals surface area contributed by atoms with Crippen LogP contribution in [-0.2, 0) is 25.4 Å². The summed E-state index contributed by atoms with van der Waals surface area (Å²) in [6, 6.07) is 15.7. The van der Waals surface area contributed by atoms with Crippen LogP contribution in [0.2, 0.25) is 0 Å². The summed E-state index contributed by atoms with van der Waals surface area (Å²) < 4.78 is 16.1. The van der Waals surface area contributed by atoms with Gasteiger partial charge in [0.15, 0.2) is 0 Å². The van der Waals surface area contributed by atoms with Crippen molar-refractivity contribution in [3.05, 3.63) is 54.1 Å². The number of nitrogens with one attached hydrogen (secondary N) is 2. The van der Waals surface area contributed by atoms with Crippen molar-refractivity contribution in [3.8, 4) is 11.1 Å². The second-order valence-corrected chi connectivity index (χ2v) is 10.6. The van der Waals surface area contributed by atoms with Gasteiger partial charge in [-0.1, -0.05) is 36.4 Å². The number of aryl methyl sites for hydroxylation is 1. The molecule has 0 radical (unpaired) electrons. The van der Waals surface area contributed by atoms with Crippen molar-refractivity contribution in [2.45, 2.75) is 90.4 Å². The van der Waals surface area contributed by atoms with Gasteiger partial charge >= 0.3 is 18.2 Å². The average molecular weight is 525 g/mol. The molecule has 1 fully saturated rings. The molecule has 0 aliphatic heterocycles. The third-order valence-electron chi connectivity index (χ3n) is 6.23. The fraction of sp³-hybridized carbons (Fsp3) is 0.500. The van der Waals surface area contributed by atoms with Crippen LogP contribution in [0.4, 0.5) is 15.3 Å². The lowest BCUT2D eigenvalue weighted by atomic mass is 9.93. The summed E-state index contributed by atoms with van der Waals surface area (Å²) >= 11 is 0. The van der Waals surface area contributed by atoms with Crippen LogP contribution in [0.1, 0.15) is 71.8 Å². The maximum atomic E-state index is 12.8. The monoisotopic (exact) mass is 524 g/mol. The van der Waals surface area contributed by atoms with Crippen molar-refractivity contribution in [2.24, 2.45) is 0 Å². The minimum Gasteiger partial charge on any atom is -0.466 e. The van der Waals surface area contributed by atoms with Gasteiger partial charge in [-0.2, -0.15) is 0 Å². The second-order valence-electron chi connectivity index (χ2n) is 10.6. The van der Waals surface area contributed by atoms with E-state index in [-0.39, 0.29) is 18.1 Å². The Labute approximate surface area is 225 Å². The zero-order chi connectivity index (χ0) is 27.5. The molecular formula is C30H40N2O6.